The van der Waals surface area contributed by atoms with Crippen LogP contribution in [0.4, 0.5) is 9.59 Å². The number of barbiturate groups is 2. The molecule has 10 nitrogen and oxygen atoms in total. The van der Waals surface area contributed by atoms with E-state index in [1.807, 2.05) is 0 Å². The van der Waals surface area contributed by atoms with Gasteiger partial charge in [0.2, 0.25) is 23.6 Å². The van der Waals surface area contributed by atoms with Gasteiger partial charge in [0.25, 0.3) is 0 Å². The van der Waals surface area contributed by atoms with Crippen molar-refractivity contribution in [1.82, 2.24) is 19.6 Å². The largest absolute Gasteiger partial charge is 0.333 e. The van der Waals surface area contributed by atoms with Crippen LogP contribution in [0.5, 0.6) is 0 Å². The van der Waals surface area contributed by atoms with Crippen molar-refractivity contribution in [3.05, 3.63) is 35.4 Å². The molecule has 0 N–H and O–H groups in total. The van der Waals surface area contributed by atoms with Crippen LogP contribution >= 0.6 is 0 Å². The first-order valence-electron chi connectivity index (χ1n) is 8.48. The number of amides is 8. The van der Waals surface area contributed by atoms with E-state index in [9.17, 15) is 28.8 Å². The Morgan fingerprint density at radius 1 is 0.679 bits per heavy atom. The van der Waals surface area contributed by atoms with Gasteiger partial charge in [-0.15, -0.1) is 0 Å². The molecule has 28 heavy (non-hydrogen) atoms. The Morgan fingerprint density at radius 3 is 1.46 bits per heavy atom. The number of nitrogens with zero attached hydrogens (tertiary/aromatic N) is 4. The van der Waals surface area contributed by atoms with Crippen molar-refractivity contribution in [3.63, 3.8) is 0 Å². The molecule has 8 amide bonds. The second-order valence-electron chi connectivity index (χ2n) is 6.60. The van der Waals surface area contributed by atoms with Gasteiger partial charge in [-0.05, 0) is 11.1 Å². The lowest BCUT2D eigenvalue weighted by atomic mass is 10.1. The summed E-state index contributed by atoms with van der Waals surface area (Å²) >= 11 is 0. The average Bonchev–Trinajstić information content (AvgIpc) is 2.65. The molecule has 2 saturated heterocycles. The standard InChI is InChI=1S/C18H18N4O6/c1-19-13(23)7-15(25)21(17(19)27)9-11-4-3-5-12(6-11)10-22-16(26)8-14(24)20(2)18(22)28/h3-6H,7-10H2,1-2H3. The normalized spacial score (nSPS) is 18.5. The first-order chi connectivity index (χ1) is 13.2. The van der Waals surface area contributed by atoms with Crippen LogP contribution in [0.3, 0.4) is 0 Å². The Balaban J connectivity index is 1.76. The van der Waals surface area contributed by atoms with Crippen LogP contribution in [-0.4, -0.2) is 69.4 Å². The smallest absolute Gasteiger partial charge is 0.274 e. The second kappa shape index (κ2) is 7.22. The van der Waals surface area contributed by atoms with Crippen molar-refractivity contribution in [2.45, 2.75) is 25.9 Å². The molecule has 2 aliphatic rings. The predicted molar refractivity (Wildman–Crippen MR) is 93.1 cm³/mol. The summed E-state index contributed by atoms with van der Waals surface area (Å²) in [5.74, 6) is -2.28. The fraction of sp³-hybridized carbons (Fsp3) is 0.333. The lowest BCUT2D eigenvalue weighted by molar-refractivity contribution is -0.143. The molecule has 146 valence electrons. The summed E-state index contributed by atoms with van der Waals surface area (Å²) in [4.78, 5) is 75.3. The second-order valence-corrected chi connectivity index (χ2v) is 6.60. The Kier molecular flexibility index (Phi) is 4.95. The van der Waals surface area contributed by atoms with Crippen LogP contribution in [0.2, 0.25) is 0 Å². The minimum atomic E-state index is -0.701. The molecule has 2 aliphatic heterocycles. The first-order valence-corrected chi connectivity index (χ1v) is 8.48. The highest BCUT2D eigenvalue weighted by Crippen LogP contribution is 2.18. The SMILES string of the molecule is CN1C(=O)CC(=O)N(Cc2cccc(CN3C(=O)CC(=O)N(C)C3=O)c2)C1=O. The average molecular weight is 386 g/mol. The number of rotatable bonds is 4. The molecule has 0 aliphatic carbocycles. The summed E-state index contributed by atoms with van der Waals surface area (Å²) in [5, 5.41) is 0. The quantitative estimate of drug-likeness (QED) is 0.688. The summed E-state index contributed by atoms with van der Waals surface area (Å²) in [6.07, 6.45) is -0.752. The van der Waals surface area contributed by atoms with E-state index in [4.69, 9.17) is 0 Å². The van der Waals surface area contributed by atoms with Crippen LogP contribution in [0.15, 0.2) is 24.3 Å². The third-order valence-corrected chi connectivity index (χ3v) is 4.66. The summed E-state index contributed by atoms with van der Waals surface area (Å²) in [5.41, 5.74) is 1.20. The van der Waals surface area contributed by atoms with Crippen LogP contribution < -0.4 is 0 Å². The van der Waals surface area contributed by atoms with Gasteiger partial charge in [0, 0.05) is 14.1 Å². The lowest BCUT2D eigenvalue weighted by Gasteiger charge is -2.31. The summed E-state index contributed by atoms with van der Waals surface area (Å²) in [6, 6.07) is 5.31. The maximum Gasteiger partial charge on any atom is 0.333 e. The number of hydrogen-bond acceptors (Lipinski definition) is 6. The molecular weight excluding hydrogens is 368 g/mol. The summed E-state index contributed by atoms with van der Waals surface area (Å²) < 4.78 is 0. The van der Waals surface area contributed by atoms with Gasteiger partial charge in [-0.3, -0.25) is 38.8 Å². The third kappa shape index (κ3) is 3.48. The highest BCUT2D eigenvalue weighted by Gasteiger charge is 2.36. The van der Waals surface area contributed by atoms with Crippen molar-refractivity contribution < 1.29 is 28.8 Å². The number of benzene rings is 1. The molecule has 0 atom stereocenters. The molecule has 0 spiro atoms. The van der Waals surface area contributed by atoms with E-state index in [2.05, 4.69) is 0 Å². The minimum Gasteiger partial charge on any atom is -0.274 e. The minimum absolute atomic E-state index is 0.0383. The molecule has 0 unspecified atom stereocenters. The Morgan fingerprint density at radius 2 is 1.07 bits per heavy atom. The van der Waals surface area contributed by atoms with Gasteiger partial charge in [0.1, 0.15) is 12.8 Å². The van der Waals surface area contributed by atoms with Crippen molar-refractivity contribution >= 4 is 35.7 Å². The van der Waals surface area contributed by atoms with Gasteiger partial charge in [0.05, 0.1) is 13.1 Å². The van der Waals surface area contributed by atoms with E-state index in [0.717, 1.165) is 19.6 Å². The predicted octanol–water partition coefficient (Wildman–Crippen LogP) is 0.308. The van der Waals surface area contributed by atoms with Gasteiger partial charge in [-0.2, -0.15) is 0 Å². The van der Waals surface area contributed by atoms with E-state index in [-0.39, 0.29) is 25.9 Å². The summed E-state index contributed by atoms with van der Waals surface area (Å²) in [6.45, 7) is -0.0766. The van der Waals surface area contributed by atoms with Crippen LogP contribution in [0.1, 0.15) is 24.0 Å². The van der Waals surface area contributed by atoms with Crippen molar-refractivity contribution in [2.75, 3.05) is 14.1 Å². The monoisotopic (exact) mass is 386 g/mol. The highest BCUT2D eigenvalue weighted by atomic mass is 16.2. The van der Waals surface area contributed by atoms with Gasteiger partial charge in [-0.25, -0.2) is 9.59 Å². The molecule has 1 aromatic rings. The Hall–Kier alpha value is -3.56. The molecule has 0 aromatic heterocycles. The Labute approximate surface area is 160 Å². The molecule has 2 fully saturated rings. The lowest BCUT2D eigenvalue weighted by Crippen LogP contribution is -2.53. The maximum absolute atomic E-state index is 12.2. The molecule has 0 radical (unpaired) electrons. The maximum atomic E-state index is 12.2. The number of hydrogen-bond donors (Lipinski definition) is 0. The number of urea groups is 2. The fourth-order valence-electron chi connectivity index (χ4n) is 2.98. The zero-order chi connectivity index (χ0) is 20.6. The number of imide groups is 4. The Bertz CT molecular complexity index is 842. The number of carbonyl (C=O) groups excluding carboxylic acids is 6. The van der Waals surface area contributed by atoms with Crippen molar-refractivity contribution in [1.29, 1.82) is 0 Å². The molecule has 2 heterocycles. The molecule has 1 aromatic carbocycles. The zero-order valence-electron chi connectivity index (χ0n) is 15.4. The van der Waals surface area contributed by atoms with E-state index in [1.165, 1.54) is 14.1 Å². The molecule has 0 bridgehead atoms. The molecule has 3 rings (SSSR count). The first kappa shape index (κ1) is 19.2. The van der Waals surface area contributed by atoms with E-state index in [1.54, 1.807) is 24.3 Å². The topological polar surface area (TPSA) is 115 Å². The van der Waals surface area contributed by atoms with Gasteiger partial charge >= 0.3 is 12.1 Å². The van der Waals surface area contributed by atoms with E-state index < -0.39 is 35.7 Å². The van der Waals surface area contributed by atoms with Crippen LogP contribution in [-0.2, 0) is 32.3 Å². The van der Waals surface area contributed by atoms with Gasteiger partial charge < -0.3 is 0 Å². The zero-order valence-corrected chi connectivity index (χ0v) is 15.4. The van der Waals surface area contributed by atoms with Crippen molar-refractivity contribution in [2.24, 2.45) is 0 Å². The summed E-state index contributed by atoms with van der Waals surface area (Å²) in [7, 11) is 2.62. The van der Waals surface area contributed by atoms with E-state index >= 15 is 0 Å². The van der Waals surface area contributed by atoms with Crippen molar-refractivity contribution in [3.8, 4) is 0 Å². The van der Waals surface area contributed by atoms with Gasteiger partial charge in [0.15, 0.2) is 0 Å². The van der Waals surface area contributed by atoms with Gasteiger partial charge in [-0.1, -0.05) is 24.3 Å². The molecule has 10 heteroatoms. The van der Waals surface area contributed by atoms with E-state index in [0.29, 0.717) is 11.1 Å². The number of carbonyl (C=O) groups is 6. The fourth-order valence-corrected chi connectivity index (χ4v) is 2.98. The molecular formula is C18H18N4O6. The molecule has 0 saturated carbocycles. The highest BCUT2D eigenvalue weighted by molar-refractivity contribution is 6.14. The van der Waals surface area contributed by atoms with Crippen LogP contribution in [0, 0.1) is 0 Å². The third-order valence-electron chi connectivity index (χ3n) is 4.66. The van der Waals surface area contributed by atoms with Crippen LogP contribution in [0.25, 0.3) is 0 Å².